The minimum Gasteiger partial charge on any atom is -0.337 e. The lowest BCUT2D eigenvalue weighted by molar-refractivity contribution is -0.119. The molecule has 0 spiro atoms. The number of nitrogens with zero attached hydrogens (tertiary/aromatic N) is 3. The lowest BCUT2D eigenvalue weighted by Gasteiger charge is -2.26. The van der Waals surface area contributed by atoms with Crippen LogP contribution in [0.1, 0.15) is 54.2 Å². The van der Waals surface area contributed by atoms with Crippen molar-refractivity contribution in [3.63, 3.8) is 0 Å². The molecule has 1 N–H and O–H groups in total. The molecular formula is C30H30F2N4O3S. The van der Waals surface area contributed by atoms with E-state index in [1.165, 1.54) is 24.3 Å². The Morgan fingerprint density at radius 2 is 1.75 bits per heavy atom. The van der Waals surface area contributed by atoms with Gasteiger partial charge in [-0.3, -0.25) is 4.79 Å². The Labute approximate surface area is 232 Å². The number of anilines is 1. The van der Waals surface area contributed by atoms with Gasteiger partial charge in [-0.25, -0.2) is 26.9 Å². The fraction of sp³-hybridized carbons (Fsp3) is 0.267. The Bertz CT molecular complexity index is 1620. The van der Waals surface area contributed by atoms with Crippen LogP contribution in [0.4, 0.5) is 14.5 Å². The Balaban J connectivity index is 1.43. The summed E-state index contributed by atoms with van der Waals surface area (Å²) in [6.07, 6.45) is 4.91. The Morgan fingerprint density at radius 1 is 1.07 bits per heavy atom. The Kier molecular flexibility index (Phi) is 7.82. The van der Waals surface area contributed by atoms with Gasteiger partial charge in [-0.1, -0.05) is 25.1 Å². The molecule has 0 fully saturated rings. The average Bonchev–Trinajstić information content (AvgIpc) is 3.52. The first-order valence-corrected chi connectivity index (χ1v) is 14.5. The fourth-order valence-corrected chi connectivity index (χ4v) is 6.29. The van der Waals surface area contributed by atoms with E-state index < -0.39 is 21.9 Å². The third-order valence-electron chi connectivity index (χ3n) is 7.38. The quantitative estimate of drug-likeness (QED) is 0.296. The zero-order chi connectivity index (χ0) is 28.4. The molecule has 0 saturated heterocycles. The number of imidazole rings is 1. The van der Waals surface area contributed by atoms with Gasteiger partial charge in [-0.2, -0.15) is 0 Å². The molecule has 0 aliphatic heterocycles. The molecule has 5 rings (SSSR count). The van der Waals surface area contributed by atoms with Crippen LogP contribution >= 0.6 is 0 Å². The highest BCUT2D eigenvalue weighted by molar-refractivity contribution is 7.89. The van der Waals surface area contributed by atoms with Gasteiger partial charge in [0.25, 0.3) is 0 Å². The standard InChI is InChI=1S/C30H30F2N4O3S/c1-20(21-3-7-23(31)8-4-21)17-30(37)36(19-29-33-15-16-35(29)2)25-11-5-22-6-14-28(27(22)18-25)34-40(38,39)26-12-9-24(32)10-13-26/h3-5,7-13,15-16,18,20,28,34H,6,14,17,19H2,1-2H3/t20-,28-/m1/s1. The molecular weight excluding hydrogens is 534 g/mol. The second-order valence-corrected chi connectivity index (χ2v) is 11.9. The first-order chi connectivity index (χ1) is 19.1. The summed E-state index contributed by atoms with van der Waals surface area (Å²) >= 11 is 0. The zero-order valence-electron chi connectivity index (χ0n) is 22.2. The highest BCUT2D eigenvalue weighted by Gasteiger charge is 2.29. The summed E-state index contributed by atoms with van der Waals surface area (Å²) in [7, 11) is -2.03. The highest BCUT2D eigenvalue weighted by Crippen LogP contribution is 2.36. The van der Waals surface area contributed by atoms with Crippen LogP contribution in [-0.4, -0.2) is 23.9 Å². The van der Waals surface area contributed by atoms with Crippen molar-refractivity contribution in [3.05, 3.63) is 113 Å². The average molecular weight is 565 g/mol. The van der Waals surface area contributed by atoms with E-state index >= 15 is 0 Å². The number of hydrogen-bond acceptors (Lipinski definition) is 4. The predicted octanol–water partition coefficient (Wildman–Crippen LogP) is 5.39. The zero-order valence-corrected chi connectivity index (χ0v) is 23.0. The molecule has 40 heavy (non-hydrogen) atoms. The van der Waals surface area contributed by atoms with Crippen molar-refractivity contribution in [2.75, 3.05) is 4.90 Å². The van der Waals surface area contributed by atoms with Crippen molar-refractivity contribution >= 4 is 21.6 Å². The first kappa shape index (κ1) is 27.7. The van der Waals surface area contributed by atoms with Gasteiger partial charge in [0.05, 0.1) is 11.4 Å². The third-order valence-corrected chi connectivity index (χ3v) is 8.87. The molecule has 1 amide bonds. The van der Waals surface area contributed by atoms with E-state index in [1.807, 2.05) is 42.9 Å². The summed E-state index contributed by atoms with van der Waals surface area (Å²) in [5.74, 6) is -0.442. The number of fused-ring (bicyclic) bond motifs is 1. The summed E-state index contributed by atoms with van der Waals surface area (Å²) in [6.45, 7) is 2.15. The van der Waals surface area contributed by atoms with Crippen LogP contribution in [0.3, 0.4) is 0 Å². The summed E-state index contributed by atoms with van der Waals surface area (Å²) in [6, 6.07) is 16.0. The topological polar surface area (TPSA) is 84.3 Å². The first-order valence-electron chi connectivity index (χ1n) is 13.0. The number of aryl methyl sites for hydroxylation is 2. The number of rotatable bonds is 9. The summed E-state index contributed by atoms with van der Waals surface area (Å²) in [5, 5.41) is 0. The second kappa shape index (κ2) is 11.3. The van der Waals surface area contributed by atoms with E-state index in [2.05, 4.69) is 9.71 Å². The summed E-state index contributed by atoms with van der Waals surface area (Å²) < 4.78 is 57.4. The predicted molar refractivity (Wildman–Crippen MR) is 148 cm³/mol. The number of sulfonamides is 1. The van der Waals surface area contributed by atoms with Crippen LogP contribution in [0.25, 0.3) is 0 Å². The van der Waals surface area contributed by atoms with Gasteiger partial charge in [-0.05, 0) is 84.0 Å². The van der Waals surface area contributed by atoms with Crippen LogP contribution in [0.2, 0.25) is 0 Å². The molecule has 7 nitrogen and oxygen atoms in total. The number of aromatic nitrogens is 2. The van der Waals surface area contributed by atoms with Crippen LogP contribution in [0.5, 0.6) is 0 Å². The van der Waals surface area contributed by atoms with E-state index in [9.17, 15) is 22.0 Å². The molecule has 4 aromatic rings. The molecule has 3 aromatic carbocycles. The monoisotopic (exact) mass is 564 g/mol. The molecule has 1 aliphatic carbocycles. The lowest BCUT2D eigenvalue weighted by atomic mass is 9.97. The highest BCUT2D eigenvalue weighted by atomic mass is 32.2. The van der Waals surface area contributed by atoms with Crippen LogP contribution in [-0.2, 0) is 34.8 Å². The molecule has 1 heterocycles. The smallest absolute Gasteiger partial charge is 0.241 e. The Morgan fingerprint density at radius 3 is 2.40 bits per heavy atom. The van der Waals surface area contributed by atoms with Crippen LogP contribution in [0, 0.1) is 11.6 Å². The number of benzene rings is 3. The van der Waals surface area contributed by atoms with Gasteiger partial charge in [0.2, 0.25) is 15.9 Å². The van der Waals surface area contributed by atoms with E-state index in [-0.39, 0.29) is 35.5 Å². The molecule has 1 aliphatic rings. The van der Waals surface area contributed by atoms with Crippen LogP contribution in [0.15, 0.2) is 84.0 Å². The van der Waals surface area contributed by atoms with Gasteiger partial charge in [0.15, 0.2) is 0 Å². The second-order valence-electron chi connectivity index (χ2n) is 10.1. The van der Waals surface area contributed by atoms with Crippen LogP contribution < -0.4 is 9.62 Å². The van der Waals surface area contributed by atoms with Crippen molar-refractivity contribution in [2.45, 2.75) is 49.6 Å². The largest absolute Gasteiger partial charge is 0.337 e. The number of carbonyl (C=O) groups excluding carboxylic acids is 1. The molecule has 1 aromatic heterocycles. The molecule has 0 bridgehead atoms. The molecule has 0 radical (unpaired) electrons. The van der Waals surface area contributed by atoms with Crippen molar-refractivity contribution in [2.24, 2.45) is 7.05 Å². The van der Waals surface area contributed by atoms with Crippen molar-refractivity contribution in [1.82, 2.24) is 14.3 Å². The maximum Gasteiger partial charge on any atom is 0.241 e. The molecule has 2 atom stereocenters. The number of hydrogen-bond donors (Lipinski definition) is 1. The molecule has 208 valence electrons. The van der Waals surface area contributed by atoms with E-state index in [4.69, 9.17) is 0 Å². The number of halogens is 2. The van der Waals surface area contributed by atoms with Gasteiger partial charge in [0.1, 0.15) is 17.5 Å². The number of amides is 1. The van der Waals surface area contributed by atoms with Crippen molar-refractivity contribution < 1.29 is 22.0 Å². The number of carbonyl (C=O) groups is 1. The van der Waals surface area contributed by atoms with Crippen molar-refractivity contribution in [1.29, 1.82) is 0 Å². The van der Waals surface area contributed by atoms with Gasteiger partial charge >= 0.3 is 0 Å². The SMILES string of the molecule is C[C@H](CC(=O)N(Cc1nccn1C)c1ccc2c(c1)[C@H](NS(=O)(=O)c1ccc(F)cc1)CC2)c1ccc(F)cc1. The maximum absolute atomic E-state index is 13.7. The maximum atomic E-state index is 13.7. The minimum atomic E-state index is -3.89. The third kappa shape index (κ3) is 5.97. The summed E-state index contributed by atoms with van der Waals surface area (Å²) in [4.78, 5) is 19.8. The minimum absolute atomic E-state index is 0.0140. The molecule has 0 saturated carbocycles. The Hall–Kier alpha value is -3.89. The molecule has 0 unspecified atom stereocenters. The normalized spacial score (nSPS) is 15.6. The van der Waals surface area contributed by atoms with E-state index in [0.29, 0.717) is 24.4 Å². The van der Waals surface area contributed by atoms with Gasteiger partial charge in [0, 0.05) is 37.6 Å². The number of nitrogens with one attached hydrogen (secondary N) is 1. The fourth-order valence-electron chi connectivity index (χ4n) is 5.04. The summed E-state index contributed by atoms with van der Waals surface area (Å²) in [5.41, 5.74) is 3.29. The van der Waals surface area contributed by atoms with E-state index in [1.54, 1.807) is 23.2 Å². The van der Waals surface area contributed by atoms with E-state index in [0.717, 1.165) is 28.8 Å². The lowest BCUT2D eigenvalue weighted by Crippen LogP contribution is -2.32. The van der Waals surface area contributed by atoms with Crippen molar-refractivity contribution in [3.8, 4) is 0 Å². The van der Waals surface area contributed by atoms with Gasteiger partial charge in [-0.15, -0.1) is 0 Å². The molecule has 10 heteroatoms. The van der Waals surface area contributed by atoms with Gasteiger partial charge < -0.3 is 9.47 Å².